The Hall–Kier alpha value is -0.790. The van der Waals surface area contributed by atoms with Crippen LogP contribution in [0.15, 0.2) is 12.2 Å². The summed E-state index contributed by atoms with van der Waals surface area (Å²) in [5.41, 5.74) is 1.65. The fourth-order valence-corrected chi connectivity index (χ4v) is 5.45. The van der Waals surface area contributed by atoms with Gasteiger partial charge in [-0.2, -0.15) is 0 Å². The fraction of sp³-hybridized carbons (Fsp3) is 0.812. The van der Waals surface area contributed by atoms with E-state index in [1.165, 1.54) is 18.4 Å². The van der Waals surface area contributed by atoms with Crippen LogP contribution in [0.2, 0.25) is 0 Å². The van der Waals surface area contributed by atoms with Gasteiger partial charge in [-0.05, 0) is 59.8 Å². The first-order valence-electron chi connectivity index (χ1n) is 7.28. The molecule has 6 atom stereocenters. The van der Waals surface area contributed by atoms with Crippen LogP contribution in [0, 0.1) is 35.0 Å². The first kappa shape index (κ1) is 12.3. The summed E-state index contributed by atoms with van der Waals surface area (Å²) in [7, 11) is 0. The Morgan fingerprint density at radius 3 is 2.78 bits per heavy atom. The third-order valence-electron chi connectivity index (χ3n) is 6.27. The van der Waals surface area contributed by atoms with Crippen LogP contribution in [0.1, 0.15) is 40.0 Å². The van der Waals surface area contributed by atoms with Gasteiger partial charge >= 0.3 is 0 Å². The molecule has 18 heavy (non-hydrogen) atoms. The zero-order valence-corrected chi connectivity index (χ0v) is 11.7. The molecular weight excluding hydrogens is 224 g/mol. The van der Waals surface area contributed by atoms with E-state index < -0.39 is 0 Å². The van der Waals surface area contributed by atoms with E-state index in [0.29, 0.717) is 17.8 Å². The number of carbonyl (C=O) groups is 1. The molecule has 2 nitrogen and oxygen atoms in total. The summed E-state index contributed by atoms with van der Waals surface area (Å²) in [6.07, 6.45) is 3.71. The maximum absolute atomic E-state index is 10.6. The van der Waals surface area contributed by atoms with Crippen molar-refractivity contribution in [1.82, 2.24) is 0 Å². The highest BCUT2D eigenvalue weighted by molar-refractivity contribution is 5.40. The van der Waals surface area contributed by atoms with Crippen LogP contribution in [-0.2, 0) is 9.53 Å². The number of rotatable bonds is 3. The average Bonchev–Trinajstić information content (AvgIpc) is 2.32. The summed E-state index contributed by atoms with van der Waals surface area (Å²) in [6, 6.07) is 0. The number of fused-ring (bicyclic) bond motifs is 2. The van der Waals surface area contributed by atoms with Crippen LogP contribution in [0.3, 0.4) is 0 Å². The topological polar surface area (TPSA) is 26.3 Å². The van der Waals surface area contributed by atoms with Crippen molar-refractivity contribution >= 4 is 6.47 Å². The van der Waals surface area contributed by atoms with Crippen molar-refractivity contribution in [2.75, 3.05) is 0 Å². The quantitative estimate of drug-likeness (QED) is 0.565. The maximum Gasteiger partial charge on any atom is 0.293 e. The molecule has 4 aliphatic carbocycles. The highest BCUT2D eigenvalue weighted by atomic mass is 16.5. The smallest absolute Gasteiger partial charge is 0.293 e. The second kappa shape index (κ2) is 3.85. The van der Waals surface area contributed by atoms with Crippen LogP contribution < -0.4 is 0 Å². The van der Waals surface area contributed by atoms with Gasteiger partial charge in [0.1, 0.15) is 6.10 Å². The van der Waals surface area contributed by atoms with E-state index in [-0.39, 0.29) is 6.10 Å². The summed E-state index contributed by atoms with van der Waals surface area (Å²) in [5, 5.41) is 0. The van der Waals surface area contributed by atoms with Crippen LogP contribution in [-0.4, -0.2) is 12.6 Å². The Morgan fingerprint density at radius 1 is 1.50 bits per heavy atom. The normalized spacial score (nSPS) is 49.8. The lowest BCUT2D eigenvalue weighted by Crippen LogP contribution is -2.67. The van der Waals surface area contributed by atoms with Gasteiger partial charge in [-0.1, -0.05) is 27.4 Å². The Morgan fingerprint density at radius 2 is 2.22 bits per heavy atom. The molecule has 4 rings (SSSR count). The Labute approximate surface area is 110 Å². The van der Waals surface area contributed by atoms with E-state index in [1.807, 2.05) is 0 Å². The molecule has 0 saturated heterocycles. The number of hydrogen-bond donors (Lipinski definition) is 0. The third-order valence-corrected chi connectivity index (χ3v) is 6.27. The van der Waals surface area contributed by atoms with Crippen LogP contribution >= 0.6 is 0 Å². The molecule has 0 aromatic heterocycles. The molecule has 100 valence electrons. The van der Waals surface area contributed by atoms with E-state index in [1.54, 1.807) is 0 Å². The summed E-state index contributed by atoms with van der Waals surface area (Å²) in [4.78, 5) is 10.6. The molecule has 4 bridgehead atoms. The molecule has 0 aromatic rings. The molecule has 0 N–H and O–H groups in total. The van der Waals surface area contributed by atoms with Crippen molar-refractivity contribution in [2.45, 2.75) is 46.1 Å². The molecule has 0 heterocycles. The standard InChI is InChI=1S/C16H24O2/c1-9(2)11-5-6-16(4)12-7-13(18-8-17)10(3)15(16)14(11)12/h8-9,11-15H,3,5-7H2,1-2,4H3/t11-,12+,13+,14+,15-,16-/m0/s1. The van der Waals surface area contributed by atoms with Crippen molar-refractivity contribution < 1.29 is 9.53 Å². The Balaban J connectivity index is 1.86. The fourth-order valence-electron chi connectivity index (χ4n) is 5.45. The van der Waals surface area contributed by atoms with E-state index in [0.717, 1.165) is 30.1 Å². The zero-order chi connectivity index (χ0) is 13.1. The summed E-state index contributed by atoms with van der Waals surface area (Å²) >= 11 is 0. The molecule has 0 spiro atoms. The highest BCUT2D eigenvalue weighted by Crippen LogP contribution is 2.73. The number of carbonyl (C=O) groups excluding carboxylic acids is 1. The molecule has 0 aromatic carbocycles. The average molecular weight is 248 g/mol. The van der Waals surface area contributed by atoms with Crippen molar-refractivity contribution in [3.63, 3.8) is 0 Å². The van der Waals surface area contributed by atoms with Crippen molar-refractivity contribution in [3.8, 4) is 0 Å². The molecular formula is C16H24O2. The van der Waals surface area contributed by atoms with Gasteiger partial charge in [-0.25, -0.2) is 0 Å². The number of hydrogen-bond acceptors (Lipinski definition) is 2. The van der Waals surface area contributed by atoms with Crippen molar-refractivity contribution in [3.05, 3.63) is 12.2 Å². The molecule has 0 radical (unpaired) electrons. The molecule has 0 unspecified atom stereocenters. The first-order chi connectivity index (χ1) is 8.50. The van der Waals surface area contributed by atoms with Crippen molar-refractivity contribution in [2.24, 2.45) is 35.0 Å². The first-order valence-corrected chi connectivity index (χ1v) is 7.28. The maximum atomic E-state index is 10.6. The van der Waals surface area contributed by atoms with E-state index in [2.05, 4.69) is 27.4 Å². The predicted octanol–water partition coefficient (Wildman–Crippen LogP) is 3.42. The number of ether oxygens (including phenoxy) is 1. The highest BCUT2D eigenvalue weighted by Gasteiger charge is 2.68. The lowest BCUT2D eigenvalue weighted by molar-refractivity contribution is -0.214. The van der Waals surface area contributed by atoms with Crippen LogP contribution in [0.5, 0.6) is 0 Å². The van der Waals surface area contributed by atoms with Crippen LogP contribution in [0.25, 0.3) is 0 Å². The molecule has 4 fully saturated rings. The van der Waals surface area contributed by atoms with Gasteiger partial charge in [0.25, 0.3) is 6.47 Å². The minimum Gasteiger partial charge on any atom is -0.460 e. The lowest BCUT2D eigenvalue weighted by Gasteiger charge is -2.71. The summed E-state index contributed by atoms with van der Waals surface area (Å²) in [5.74, 6) is 3.76. The van der Waals surface area contributed by atoms with Crippen LogP contribution in [0.4, 0.5) is 0 Å². The molecule has 4 saturated carbocycles. The van der Waals surface area contributed by atoms with Gasteiger partial charge < -0.3 is 4.74 Å². The van der Waals surface area contributed by atoms with Gasteiger partial charge in [-0.3, -0.25) is 4.79 Å². The molecule has 0 aliphatic heterocycles. The van der Waals surface area contributed by atoms with E-state index in [4.69, 9.17) is 4.74 Å². The van der Waals surface area contributed by atoms with Gasteiger partial charge in [0.05, 0.1) is 0 Å². The minimum absolute atomic E-state index is 0.00672. The van der Waals surface area contributed by atoms with Gasteiger partial charge in [0.2, 0.25) is 0 Å². The monoisotopic (exact) mass is 248 g/mol. The molecule has 0 amide bonds. The van der Waals surface area contributed by atoms with Gasteiger partial charge in [-0.15, -0.1) is 0 Å². The second-order valence-corrected chi connectivity index (χ2v) is 7.15. The summed E-state index contributed by atoms with van der Waals surface area (Å²) in [6.45, 7) is 12.0. The molecule has 2 heteroatoms. The van der Waals surface area contributed by atoms with Crippen molar-refractivity contribution in [1.29, 1.82) is 0 Å². The van der Waals surface area contributed by atoms with Gasteiger partial charge in [0, 0.05) is 0 Å². The molecule has 4 aliphatic rings. The predicted molar refractivity (Wildman–Crippen MR) is 70.8 cm³/mol. The third kappa shape index (κ3) is 1.32. The summed E-state index contributed by atoms with van der Waals surface area (Å²) < 4.78 is 5.22. The van der Waals surface area contributed by atoms with Gasteiger partial charge in [0.15, 0.2) is 0 Å². The minimum atomic E-state index is -0.00672. The largest absolute Gasteiger partial charge is 0.460 e. The van der Waals surface area contributed by atoms with E-state index in [9.17, 15) is 4.79 Å². The van der Waals surface area contributed by atoms with E-state index >= 15 is 0 Å². The SMILES string of the molecule is C=C1[C@H](OC=O)C[C@@H]2[C@H]3[C@H](C(C)C)CC[C@]2(C)[C@@H]13. The Kier molecular flexibility index (Phi) is 2.62. The Bertz CT molecular complexity index is 387. The zero-order valence-electron chi connectivity index (χ0n) is 11.7. The second-order valence-electron chi connectivity index (χ2n) is 7.15. The lowest BCUT2D eigenvalue weighted by atomic mass is 9.33.